The van der Waals surface area contributed by atoms with E-state index in [0.29, 0.717) is 51.6 Å². The molecule has 1 saturated heterocycles. The van der Waals surface area contributed by atoms with Crippen molar-refractivity contribution in [2.75, 3.05) is 18.4 Å². The summed E-state index contributed by atoms with van der Waals surface area (Å²) in [6.45, 7) is 1.32. The first-order valence-corrected chi connectivity index (χ1v) is 12.0. The summed E-state index contributed by atoms with van der Waals surface area (Å²) < 4.78 is 5.75. The van der Waals surface area contributed by atoms with Gasteiger partial charge in [-0.15, -0.1) is 0 Å². The van der Waals surface area contributed by atoms with Crippen LogP contribution in [-0.4, -0.2) is 29.8 Å². The zero-order valence-electron chi connectivity index (χ0n) is 18.7. The molecule has 0 aliphatic carbocycles. The Balaban J connectivity index is 1.31. The maximum absolute atomic E-state index is 13.3. The van der Waals surface area contributed by atoms with Crippen molar-refractivity contribution in [1.29, 1.82) is 0 Å². The Labute approximate surface area is 213 Å². The van der Waals surface area contributed by atoms with Crippen LogP contribution in [0.5, 0.6) is 0 Å². The normalized spacial score (nSPS) is 15.3. The van der Waals surface area contributed by atoms with Crippen LogP contribution in [-0.2, 0) is 0 Å². The number of rotatable bonds is 5. The minimum absolute atomic E-state index is 0.102. The summed E-state index contributed by atoms with van der Waals surface area (Å²) in [6, 6.07) is 25.7. The van der Waals surface area contributed by atoms with E-state index in [1.165, 1.54) is 5.56 Å². The molecule has 7 heteroatoms. The maximum Gasteiger partial charge on any atom is 0.291 e. The number of carbonyl (C=O) groups is 2. The fourth-order valence-electron chi connectivity index (χ4n) is 4.34. The molecular formula is C28H22Cl2N2O3. The summed E-state index contributed by atoms with van der Waals surface area (Å²) in [4.78, 5) is 28.1. The van der Waals surface area contributed by atoms with Gasteiger partial charge < -0.3 is 14.6 Å². The zero-order valence-corrected chi connectivity index (χ0v) is 20.2. The fraction of sp³-hybridized carbons (Fsp3) is 0.143. The number of para-hydroxylation sites is 1. The number of anilines is 1. The molecule has 35 heavy (non-hydrogen) atoms. The topological polar surface area (TPSA) is 62.6 Å². The number of likely N-dealkylation sites (tertiary alicyclic amines) is 1. The molecule has 0 radical (unpaired) electrons. The lowest BCUT2D eigenvalue weighted by Crippen LogP contribution is -2.29. The predicted octanol–water partition coefficient (Wildman–Crippen LogP) is 7.14. The molecule has 176 valence electrons. The van der Waals surface area contributed by atoms with Crippen molar-refractivity contribution >= 4 is 40.7 Å². The Hall–Kier alpha value is -3.54. The van der Waals surface area contributed by atoms with E-state index < -0.39 is 5.91 Å². The van der Waals surface area contributed by atoms with Crippen molar-refractivity contribution in [2.24, 2.45) is 0 Å². The van der Waals surface area contributed by atoms with Gasteiger partial charge in [-0.05, 0) is 54.4 Å². The molecule has 1 unspecified atom stereocenters. The van der Waals surface area contributed by atoms with Gasteiger partial charge in [0.05, 0.1) is 21.3 Å². The van der Waals surface area contributed by atoms with Crippen LogP contribution in [0.1, 0.15) is 38.8 Å². The summed E-state index contributed by atoms with van der Waals surface area (Å²) in [6.07, 6.45) is 0.911. The summed E-state index contributed by atoms with van der Waals surface area (Å²) in [5.41, 5.74) is 2.83. The molecule has 2 amide bonds. The largest absolute Gasteiger partial charge is 0.451 e. The number of benzene rings is 3. The van der Waals surface area contributed by atoms with Gasteiger partial charge in [-0.1, -0.05) is 65.7 Å². The van der Waals surface area contributed by atoms with Crippen LogP contribution in [0.15, 0.2) is 89.3 Å². The Morgan fingerprint density at radius 2 is 1.66 bits per heavy atom. The number of carbonyl (C=O) groups excluding carboxylic acids is 2. The van der Waals surface area contributed by atoms with Crippen molar-refractivity contribution < 1.29 is 14.0 Å². The lowest BCUT2D eigenvalue weighted by atomic mass is 9.99. The maximum atomic E-state index is 13.3. The van der Waals surface area contributed by atoms with Gasteiger partial charge in [-0.25, -0.2) is 0 Å². The fourth-order valence-corrected chi connectivity index (χ4v) is 4.64. The van der Waals surface area contributed by atoms with Crippen LogP contribution in [0.2, 0.25) is 10.0 Å². The average Bonchev–Trinajstić information content (AvgIpc) is 3.57. The van der Waals surface area contributed by atoms with Gasteiger partial charge >= 0.3 is 0 Å². The van der Waals surface area contributed by atoms with Crippen molar-refractivity contribution in [2.45, 2.75) is 12.3 Å². The average molecular weight is 505 g/mol. The lowest BCUT2D eigenvalue weighted by Gasteiger charge is -2.19. The number of nitrogens with one attached hydrogen (secondary N) is 1. The van der Waals surface area contributed by atoms with Crippen LogP contribution in [0, 0.1) is 0 Å². The first-order chi connectivity index (χ1) is 17.0. The van der Waals surface area contributed by atoms with E-state index in [9.17, 15) is 9.59 Å². The van der Waals surface area contributed by atoms with E-state index in [0.717, 1.165) is 6.42 Å². The van der Waals surface area contributed by atoms with Gasteiger partial charge in [0, 0.05) is 24.6 Å². The second-order valence-electron chi connectivity index (χ2n) is 8.44. The third-order valence-corrected chi connectivity index (χ3v) is 6.93. The van der Waals surface area contributed by atoms with E-state index in [2.05, 4.69) is 17.4 Å². The van der Waals surface area contributed by atoms with Crippen molar-refractivity contribution in [3.05, 3.63) is 112 Å². The molecule has 2 heterocycles. The van der Waals surface area contributed by atoms with Crippen LogP contribution in [0.25, 0.3) is 11.3 Å². The number of amides is 2. The molecule has 1 fully saturated rings. The van der Waals surface area contributed by atoms with E-state index >= 15 is 0 Å². The highest BCUT2D eigenvalue weighted by Crippen LogP contribution is 2.31. The molecule has 3 aromatic carbocycles. The zero-order chi connectivity index (χ0) is 24.4. The molecule has 0 saturated carbocycles. The van der Waals surface area contributed by atoms with Gasteiger partial charge in [0.1, 0.15) is 5.76 Å². The van der Waals surface area contributed by atoms with Crippen molar-refractivity contribution in [1.82, 2.24) is 4.90 Å². The number of halogens is 2. The minimum Gasteiger partial charge on any atom is -0.451 e. The molecule has 1 aliphatic heterocycles. The first-order valence-electron chi connectivity index (χ1n) is 11.3. The quantitative estimate of drug-likeness (QED) is 0.314. The molecule has 1 atom stereocenters. The molecule has 5 nitrogen and oxygen atoms in total. The monoisotopic (exact) mass is 504 g/mol. The van der Waals surface area contributed by atoms with Gasteiger partial charge in [0.2, 0.25) is 0 Å². The van der Waals surface area contributed by atoms with Crippen LogP contribution in [0.4, 0.5) is 5.69 Å². The second-order valence-corrected chi connectivity index (χ2v) is 9.25. The van der Waals surface area contributed by atoms with Gasteiger partial charge in [-0.3, -0.25) is 9.59 Å². The van der Waals surface area contributed by atoms with Gasteiger partial charge in [0.15, 0.2) is 5.76 Å². The number of hydrogen-bond donors (Lipinski definition) is 1. The molecule has 0 spiro atoms. The second kappa shape index (κ2) is 9.98. The number of hydrogen-bond acceptors (Lipinski definition) is 3. The minimum atomic E-state index is -0.444. The van der Waals surface area contributed by atoms with Crippen LogP contribution in [0.3, 0.4) is 0 Å². The van der Waals surface area contributed by atoms with E-state index in [1.807, 2.05) is 23.1 Å². The Morgan fingerprint density at radius 1 is 0.886 bits per heavy atom. The van der Waals surface area contributed by atoms with Crippen molar-refractivity contribution in [3.63, 3.8) is 0 Å². The van der Waals surface area contributed by atoms with Gasteiger partial charge in [0.25, 0.3) is 11.8 Å². The number of furan rings is 1. The highest BCUT2D eigenvalue weighted by Gasteiger charge is 2.29. The Bertz CT molecular complexity index is 1380. The molecule has 1 aliphatic rings. The smallest absolute Gasteiger partial charge is 0.291 e. The number of nitrogens with zero attached hydrogens (tertiary/aromatic N) is 1. The van der Waals surface area contributed by atoms with E-state index in [4.69, 9.17) is 27.6 Å². The summed E-state index contributed by atoms with van der Waals surface area (Å²) >= 11 is 12.1. The molecule has 1 N–H and O–H groups in total. The SMILES string of the molecule is O=C(Nc1ccccc1C(=O)N1CCC(c2ccccc2)C1)c1ccc(-c2ccc(Cl)c(Cl)c2)o1. The van der Waals surface area contributed by atoms with Crippen LogP contribution >= 0.6 is 23.2 Å². The van der Waals surface area contributed by atoms with Crippen molar-refractivity contribution in [3.8, 4) is 11.3 Å². The van der Waals surface area contributed by atoms with Crippen LogP contribution < -0.4 is 5.32 Å². The Morgan fingerprint density at radius 3 is 2.46 bits per heavy atom. The van der Waals surface area contributed by atoms with E-state index in [-0.39, 0.29) is 11.7 Å². The Kier molecular flexibility index (Phi) is 6.62. The third-order valence-electron chi connectivity index (χ3n) is 6.19. The molecule has 1 aromatic heterocycles. The summed E-state index contributed by atoms with van der Waals surface area (Å²) in [5.74, 6) is 0.376. The molecular weight excluding hydrogens is 483 g/mol. The summed E-state index contributed by atoms with van der Waals surface area (Å²) in [5, 5.41) is 3.67. The van der Waals surface area contributed by atoms with Gasteiger partial charge in [-0.2, -0.15) is 0 Å². The lowest BCUT2D eigenvalue weighted by molar-refractivity contribution is 0.0792. The van der Waals surface area contributed by atoms with E-state index in [1.54, 1.807) is 54.6 Å². The first kappa shape index (κ1) is 23.2. The highest BCUT2D eigenvalue weighted by molar-refractivity contribution is 6.42. The predicted molar refractivity (Wildman–Crippen MR) is 138 cm³/mol. The summed E-state index contributed by atoms with van der Waals surface area (Å²) in [7, 11) is 0. The standard InChI is InChI=1S/C28H22Cl2N2O3/c29-22-11-10-19(16-23(22)30)25-12-13-26(35-25)27(33)31-24-9-5-4-8-21(24)28(34)32-15-14-20(17-32)18-6-2-1-3-7-18/h1-13,16,20H,14-15,17H2,(H,31,33). The molecule has 4 aromatic rings. The highest BCUT2D eigenvalue weighted by atomic mass is 35.5. The molecule has 5 rings (SSSR count). The molecule has 0 bridgehead atoms. The third kappa shape index (κ3) is 4.97.